The maximum absolute atomic E-state index is 13.6. The van der Waals surface area contributed by atoms with Crippen molar-refractivity contribution in [1.82, 2.24) is 4.90 Å². The number of nitrogens with zero attached hydrogens (tertiary/aromatic N) is 2. The number of piperidine rings is 1. The molecule has 1 saturated heterocycles. The molecule has 5 rings (SSSR count). The van der Waals surface area contributed by atoms with Gasteiger partial charge in [0.1, 0.15) is 5.82 Å². The Bertz CT molecular complexity index is 1110. The molecule has 182 valence electrons. The fraction of sp³-hybridized carbons (Fsp3) is 0.367. The normalized spacial score (nSPS) is 21.5. The smallest absolute Gasteiger partial charge is 0.258 e. The van der Waals surface area contributed by atoms with Gasteiger partial charge < -0.3 is 4.90 Å². The summed E-state index contributed by atoms with van der Waals surface area (Å²) in [6.45, 7) is 1.94. The molecule has 3 nitrogen and oxygen atoms in total. The molecule has 0 aromatic heterocycles. The summed E-state index contributed by atoms with van der Waals surface area (Å²) in [6.07, 6.45) is 6.88. The summed E-state index contributed by atoms with van der Waals surface area (Å²) in [6, 6.07) is 24.9. The fourth-order valence-corrected chi connectivity index (χ4v) is 6.07. The van der Waals surface area contributed by atoms with Gasteiger partial charge in [-0.15, -0.1) is 0 Å². The highest BCUT2D eigenvalue weighted by atomic mass is 35.5. The van der Waals surface area contributed by atoms with E-state index in [2.05, 4.69) is 35.2 Å². The summed E-state index contributed by atoms with van der Waals surface area (Å²) in [5.41, 5.74) is 2.79. The Balaban J connectivity index is 1.34. The van der Waals surface area contributed by atoms with Crippen molar-refractivity contribution < 1.29 is 9.18 Å². The van der Waals surface area contributed by atoms with Gasteiger partial charge >= 0.3 is 0 Å². The van der Waals surface area contributed by atoms with Crippen LogP contribution in [0, 0.1) is 5.82 Å². The van der Waals surface area contributed by atoms with Gasteiger partial charge in [0.25, 0.3) is 5.91 Å². The lowest BCUT2D eigenvalue weighted by Gasteiger charge is -2.45. The lowest BCUT2D eigenvalue weighted by Crippen LogP contribution is -2.51. The van der Waals surface area contributed by atoms with Crippen LogP contribution in [0.3, 0.4) is 0 Å². The Morgan fingerprint density at radius 2 is 1.49 bits per heavy atom. The summed E-state index contributed by atoms with van der Waals surface area (Å²) in [5, 5.41) is 0.641. The zero-order valence-electron chi connectivity index (χ0n) is 20.0. The van der Waals surface area contributed by atoms with Gasteiger partial charge in [-0.3, -0.25) is 9.69 Å². The molecule has 1 aliphatic heterocycles. The van der Waals surface area contributed by atoms with Gasteiger partial charge in [0.2, 0.25) is 0 Å². The van der Waals surface area contributed by atoms with Crippen LogP contribution < -0.4 is 4.90 Å². The van der Waals surface area contributed by atoms with Crippen molar-refractivity contribution in [1.29, 1.82) is 0 Å². The van der Waals surface area contributed by atoms with Crippen LogP contribution in [-0.2, 0) is 0 Å². The van der Waals surface area contributed by atoms with Gasteiger partial charge in [0, 0.05) is 41.4 Å². The zero-order chi connectivity index (χ0) is 24.2. The second-order valence-corrected chi connectivity index (χ2v) is 10.2. The first-order valence-corrected chi connectivity index (χ1v) is 13.1. The number of halogens is 2. The van der Waals surface area contributed by atoms with E-state index in [1.54, 1.807) is 12.1 Å². The molecule has 1 heterocycles. The predicted molar refractivity (Wildman–Crippen MR) is 141 cm³/mol. The number of likely N-dealkylation sites (tertiary alicyclic amines) is 1. The molecule has 2 atom stereocenters. The number of amides is 1. The quantitative estimate of drug-likeness (QED) is 0.374. The van der Waals surface area contributed by atoms with Crippen LogP contribution in [0.15, 0.2) is 78.9 Å². The number of carbonyl (C=O) groups excluding carboxylic acids is 1. The Labute approximate surface area is 212 Å². The Morgan fingerprint density at radius 3 is 2.17 bits per heavy atom. The van der Waals surface area contributed by atoms with E-state index in [1.807, 2.05) is 29.2 Å². The third-order valence-electron chi connectivity index (χ3n) is 7.71. The zero-order valence-corrected chi connectivity index (χ0v) is 20.7. The molecule has 2 fully saturated rings. The molecule has 0 spiro atoms. The van der Waals surface area contributed by atoms with Gasteiger partial charge in [-0.25, -0.2) is 4.39 Å². The van der Waals surface area contributed by atoms with E-state index < -0.39 is 0 Å². The van der Waals surface area contributed by atoms with Crippen LogP contribution in [0.5, 0.6) is 0 Å². The topological polar surface area (TPSA) is 23.6 Å². The minimum atomic E-state index is -0.339. The van der Waals surface area contributed by atoms with Crippen molar-refractivity contribution in [2.24, 2.45) is 0 Å². The number of anilines is 1. The van der Waals surface area contributed by atoms with E-state index in [9.17, 15) is 9.18 Å². The van der Waals surface area contributed by atoms with Gasteiger partial charge in [-0.1, -0.05) is 54.8 Å². The van der Waals surface area contributed by atoms with Gasteiger partial charge in [0.15, 0.2) is 0 Å². The fourth-order valence-electron chi connectivity index (χ4n) is 5.94. The molecular weight excluding hydrogens is 459 g/mol. The maximum Gasteiger partial charge on any atom is 0.258 e. The van der Waals surface area contributed by atoms with E-state index in [1.165, 1.54) is 43.4 Å². The number of carbonyl (C=O) groups is 1. The molecule has 1 amide bonds. The Kier molecular flexibility index (Phi) is 7.50. The van der Waals surface area contributed by atoms with E-state index in [0.717, 1.165) is 31.6 Å². The minimum absolute atomic E-state index is 0.0868. The summed E-state index contributed by atoms with van der Waals surface area (Å²) in [4.78, 5) is 18.2. The third kappa shape index (κ3) is 5.44. The largest absolute Gasteiger partial charge is 0.305 e. The first-order chi connectivity index (χ1) is 17.1. The van der Waals surface area contributed by atoms with Gasteiger partial charge in [0.05, 0.1) is 0 Å². The first kappa shape index (κ1) is 24.0. The molecular formula is C30H32ClFN2O. The van der Waals surface area contributed by atoms with Crippen LogP contribution in [0.1, 0.15) is 60.4 Å². The summed E-state index contributed by atoms with van der Waals surface area (Å²) in [5.74, 6) is 0.147. The van der Waals surface area contributed by atoms with E-state index in [-0.39, 0.29) is 17.8 Å². The van der Waals surface area contributed by atoms with Gasteiger partial charge in [-0.05, 0) is 85.7 Å². The standard InChI is InChI=1S/C30H32ClFN2O/c31-24-12-16-26(17-13-24)34(30(35)23-10-14-25(32)15-11-23)27-18-20-33(21-19-27)29-9-5-4-8-28(29)22-6-2-1-3-7-22/h1-3,6-7,10-17,27-29H,4-5,8-9,18-21H2. The monoisotopic (exact) mass is 490 g/mol. The summed E-state index contributed by atoms with van der Waals surface area (Å²) >= 11 is 6.13. The average Bonchev–Trinajstić information content (AvgIpc) is 2.91. The molecule has 5 heteroatoms. The first-order valence-electron chi connectivity index (χ1n) is 12.7. The molecule has 2 unspecified atom stereocenters. The Hall–Kier alpha value is -2.69. The van der Waals surface area contributed by atoms with Crippen LogP contribution in [0.4, 0.5) is 10.1 Å². The summed E-state index contributed by atoms with van der Waals surface area (Å²) < 4.78 is 13.5. The van der Waals surface area contributed by atoms with Crippen molar-refractivity contribution >= 4 is 23.2 Å². The van der Waals surface area contributed by atoms with Crippen LogP contribution in [0.2, 0.25) is 5.02 Å². The molecule has 3 aromatic rings. The van der Waals surface area contributed by atoms with Crippen molar-refractivity contribution in [3.63, 3.8) is 0 Å². The lowest BCUT2D eigenvalue weighted by atomic mass is 9.78. The van der Waals surface area contributed by atoms with Crippen LogP contribution in [0.25, 0.3) is 0 Å². The average molecular weight is 491 g/mol. The third-order valence-corrected chi connectivity index (χ3v) is 7.96. The van der Waals surface area contributed by atoms with Crippen molar-refractivity contribution in [3.8, 4) is 0 Å². The molecule has 0 radical (unpaired) electrons. The van der Waals surface area contributed by atoms with Crippen LogP contribution >= 0.6 is 11.6 Å². The van der Waals surface area contributed by atoms with Crippen LogP contribution in [-0.4, -0.2) is 36.0 Å². The highest BCUT2D eigenvalue weighted by Gasteiger charge is 2.36. The minimum Gasteiger partial charge on any atom is -0.305 e. The molecule has 1 aliphatic carbocycles. The molecule has 35 heavy (non-hydrogen) atoms. The second kappa shape index (κ2) is 10.9. The maximum atomic E-state index is 13.6. The molecule has 0 N–H and O–H groups in total. The van der Waals surface area contributed by atoms with Gasteiger partial charge in [-0.2, -0.15) is 0 Å². The highest BCUT2D eigenvalue weighted by Crippen LogP contribution is 2.38. The van der Waals surface area contributed by atoms with E-state index in [0.29, 0.717) is 22.5 Å². The molecule has 0 bridgehead atoms. The van der Waals surface area contributed by atoms with E-state index >= 15 is 0 Å². The Morgan fingerprint density at radius 1 is 0.829 bits per heavy atom. The SMILES string of the molecule is O=C(c1ccc(F)cc1)N(c1ccc(Cl)cc1)C1CCN(C2CCCCC2c2ccccc2)CC1. The molecule has 2 aliphatic rings. The number of hydrogen-bond acceptors (Lipinski definition) is 2. The summed E-state index contributed by atoms with van der Waals surface area (Å²) in [7, 11) is 0. The number of hydrogen-bond donors (Lipinski definition) is 0. The van der Waals surface area contributed by atoms with Crippen molar-refractivity contribution in [2.45, 2.75) is 56.5 Å². The second-order valence-electron chi connectivity index (χ2n) is 9.79. The highest BCUT2D eigenvalue weighted by molar-refractivity contribution is 6.30. The van der Waals surface area contributed by atoms with Crippen molar-refractivity contribution in [2.75, 3.05) is 18.0 Å². The molecule has 3 aromatic carbocycles. The van der Waals surface area contributed by atoms with E-state index in [4.69, 9.17) is 11.6 Å². The predicted octanol–water partition coefficient (Wildman–Crippen LogP) is 7.32. The number of benzene rings is 3. The number of rotatable bonds is 5. The van der Waals surface area contributed by atoms with Crippen molar-refractivity contribution in [3.05, 3.63) is 101 Å². The lowest BCUT2D eigenvalue weighted by molar-refractivity contribution is 0.0895. The molecule has 1 saturated carbocycles.